The molecule has 32 heavy (non-hydrogen) atoms. The number of anilines is 1. The Balaban J connectivity index is 2.38. The Labute approximate surface area is 191 Å². The van der Waals surface area contributed by atoms with Crippen molar-refractivity contribution in [3.8, 4) is 0 Å². The highest BCUT2D eigenvalue weighted by Crippen LogP contribution is 2.29. The smallest absolute Gasteiger partial charge is 0.277 e. The SMILES string of the molecule is CN(C)C(=O)CO/N=C/c1cc(C(=O)NOCCO)c(NC2=C(F)C=IC=C2)c(F)c1F. The standard InChI is InChI=1S/C19H20F3IN4O5/c1-27(2)15(29)10-32-24-9-11-7-12(19(30)26-31-6-5-28)18(17(22)16(11)21)25-14-3-4-23-8-13(14)20/h3-4,7-9,25,28H,5-6,10H2,1-2H3,(H,26,30)/b24-9+. The first-order valence-corrected chi connectivity index (χ1v) is 11.4. The molecule has 1 aromatic carbocycles. The van der Waals surface area contributed by atoms with Gasteiger partial charge in [-0.3, -0.25) is 14.4 Å². The highest BCUT2D eigenvalue weighted by atomic mass is 127. The van der Waals surface area contributed by atoms with E-state index in [2.05, 4.69) is 10.5 Å². The molecule has 0 unspecified atom stereocenters. The monoisotopic (exact) mass is 568 g/mol. The van der Waals surface area contributed by atoms with Crippen LogP contribution in [0.2, 0.25) is 0 Å². The number of carbonyl (C=O) groups excluding carboxylic acids is 2. The Morgan fingerprint density at radius 3 is 2.69 bits per heavy atom. The van der Waals surface area contributed by atoms with Crippen molar-refractivity contribution in [1.82, 2.24) is 10.4 Å². The summed E-state index contributed by atoms with van der Waals surface area (Å²) in [6, 6.07) is 0.945. The molecule has 0 saturated carbocycles. The molecule has 0 aromatic heterocycles. The maximum Gasteiger partial charge on any atom is 0.277 e. The lowest BCUT2D eigenvalue weighted by molar-refractivity contribution is -0.133. The second-order valence-corrected chi connectivity index (χ2v) is 8.29. The summed E-state index contributed by atoms with van der Waals surface area (Å²) in [5.74, 6) is -4.92. The quantitative estimate of drug-likeness (QED) is 0.172. The number of aliphatic hydroxyl groups excluding tert-OH is 1. The van der Waals surface area contributed by atoms with Crippen molar-refractivity contribution in [3.63, 3.8) is 0 Å². The molecule has 1 aliphatic rings. The van der Waals surface area contributed by atoms with Crippen LogP contribution in [-0.4, -0.2) is 66.0 Å². The van der Waals surface area contributed by atoms with Crippen LogP contribution in [0.25, 0.3) is 0 Å². The number of carbonyl (C=O) groups is 2. The topological polar surface area (TPSA) is 112 Å². The van der Waals surface area contributed by atoms with Gasteiger partial charge in [0.25, 0.3) is 11.8 Å². The van der Waals surface area contributed by atoms with Crippen molar-refractivity contribution in [2.75, 3.05) is 39.2 Å². The van der Waals surface area contributed by atoms with Crippen molar-refractivity contribution >= 4 is 48.5 Å². The van der Waals surface area contributed by atoms with Crippen LogP contribution in [0, 0.1) is 11.6 Å². The van der Waals surface area contributed by atoms with E-state index in [0.717, 1.165) is 12.3 Å². The number of rotatable bonds is 10. The fourth-order valence-electron chi connectivity index (χ4n) is 2.14. The second-order valence-electron chi connectivity index (χ2n) is 6.23. The van der Waals surface area contributed by atoms with Gasteiger partial charge in [0.2, 0.25) is 0 Å². The van der Waals surface area contributed by atoms with Gasteiger partial charge < -0.3 is 20.2 Å². The molecule has 174 valence electrons. The second kappa shape index (κ2) is 12.3. The molecule has 1 heterocycles. The summed E-state index contributed by atoms with van der Waals surface area (Å²) >= 11 is -0.625. The molecule has 0 atom stereocenters. The van der Waals surface area contributed by atoms with Crippen LogP contribution < -0.4 is 10.8 Å². The number of aliphatic hydroxyl groups is 1. The normalized spacial score (nSPS) is 13.2. The summed E-state index contributed by atoms with van der Waals surface area (Å²) in [4.78, 5) is 34.7. The van der Waals surface area contributed by atoms with Crippen molar-refractivity contribution in [2.24, 2.45) is 5.16 Å². The zero-order valence-electron chi connectivity index (χ0n) is 17.0. The van der Waals surface area contributed by atoms with E-state index < -0.39 is 80.0 Å². The predicted octanol–water partition coefficient (Wildman–Crippen LogP) is 1.95. The van der Waals surface area contributed by atoms with E-state index in [-0.39, 0.29) is 12.3 Å². The van der Waals surface area contributed by atoms with Crippen molar-refractivity contribution in [2.45, 2.75) is 0 Å². The minimum atomic E-state index is -1.47. The average molecular weight is 568 g/mol. The van der Waals surface area contributed by atoms with Crippen LogP contribution in [0.5, 0.6) is 0 Å². The van der Waals surface area contributed by atoms with Crippen LogP contribution in [0.1, 0.15) is 15.9 Å². The molecule has 9 nitrogen and oxygen atoms in total. The highest BCUT2D eigenvalue weighted by Gasteiger charge is 2.24. The molecular formula is C19H20F3IN4O5. The summed E-state index contributed by atoms with van der Waals surface area (Å²) in [7, 11) is 3.00. The first-order valence-electron chi connectivity index (χ1n) is 8.95. The lowest BCUT2D eigenvalue weighted by Gasteiger charge is -2.16. The lowest BCUT2D eigenvalue weighted by atomic mass is 10.1. The summed E-state index contributed by atoms with van der Waals surface area (Å²) in [5.41, 5.74) is 0.301. The molecule has 3 N–H and O–H groups in total. The maximum atomic E-state index is 14.9. The first-order chi connectivity index (χ1) is 15.3. The molecule has 1 aromatic rings. The van der Waals surface area contributed by atoms with Gasteiger partial charge in [0, 0.05) is 23.7 Å². The Bertz CT molecular complexity index is 996. The van der Waals surface area contributed by atoms with E-state index in [9.17, 15) is 22.8 Å². The van der Waals surface area contributed by atoms with E-state index in [1.54, 1.807) is 4.08 Å². The number of allylic oxidation sites excluding steroid dienone is 2. The van der Waals surface area contributed by atoms with Gasteiger partial charge in [-0.2, -0.15) is 0 Å². The fraction of sp³-hybridized carbons (Fsp3) is 0.263. The third-order valence-electron chi connectivity index (χ3n) is 3.77. The maximum absolute atomic E-state index is 14.9. The van der Waals surface area contributed by atoms with Gasteiger partial charge in [-0.05, 0) is 16.2 Å². The number of hydroxylamine groups is 1. The number of hydrogen-bond acceptors (Lipinski definition) is 7. The van der Waals surface area contributed by atoms with Gasteiger partial charge in [-0.1, -0.05) is 25.9 Å². The zero-order valence-corrected chi connectivity index (χ0v) is 19.2. The predicted molar refractivity (Wildman–Crippen MR) is 120 cm³/mol. The average Bonchev–Trinajstić information content (AvgIpc) is 2.76. The minimum Gasteiger partial charge on any atom is -0.394 e. The van der Waals surface area contributed by atoms with Gasteiger partial charge >= 0.3 is 0 Å². The van der Waals surface area contributed by atoms with E-state index in [0.29, 0.717) is 0 Å². The highest BCUT2D eigenvalue weighted by molar-refractivity contribution is 14.2. The minimum absolute atomic E-state index is 0.147. The third-order valence-corrected chi connectivity index (χ3v) is 5.45. The molecule has 13 heteroatoms. The van der Waals surface area contributed by atoms with Gasteiger partial charge in [-0.15, -0.1) is 0 Å². The number of halogens is 4. The van der Waals surface area contributed by atoms with Crippen LogP contribution in [0.15, 0.2) is 32.9 Å². The Morgan fingerprint density at radius 2 is 2.03 bits per heavy atom. The summed E-state index contributed by atoms with van der Waals surface area (Å²) in [6.45, 7) is -1.08. The zero-order chi connectivity index (χ0) is 23.7. The summed E-state index contributed by atoms with van der Waals surface area (Å²) < 4.78 is 46.5. The molecule has 0 bridgehead atoms. The van der Waals surface area contributed by atoms with Crippen LogP contribution in [0.4, 0.5) is 18.9 Å². The van der Waals surface area contributed by atoms with Crippen molar-refractivity contribution in [1.29, 1.82) is 0 Å². The van der Waals surface area contributed by atoms with Crippen molar-refractivity contribution in [3.05, 3.63) is 50.5 Å². The van der Waals surface area contributed by atoms with Crippen LogP contribution >= 0.6 is 20.7 Å². The molecule has 0 saturated heterocycles. The van der Waals surface area contributed by atoms with Crippen LogP contribution in [-0.2, 0) is 14.5 Å². The van der Waals surface area contributed by atoms with Gasteiger partial charge in [0.15, 0.2) is 24.1 Å². The molecule has 0 radical (unpaired) electrons. The molecule has 2 amide bonds. The number of nitrogens with zero attached hydrogens (tertiary/aromatic N) is 2. The van der Waals surface area contributed by atoms with E-state index >= 15 is 0 Å². The van der Waals surface area contributed by atoms with Gasteiger partial charge in [0.05, 0.1) is 36.4 Å². The number of benzene rings is 1. The number of hydrogen-bond donors (Lipinski definition) is 3. The largest absolute Gasteiger partial charge is 0.394 e. The molecule has 0 spiro atoms. The van der Waals surface area contributed by atoms with E-state index in [4.69, 9.17) is 14.8 Å². The lowest BCUT2D eigenvalue weighted by Crippen LogP contribution is -2.27. The molecule has 0 aliphatic carbocycles. The Morgan fingerprint density at radius 1 is 1.28 bits per heavy atom. The van der Waals surface area contributed by atoms with Gasteiger partial charge in [-0.25, -0.2) is 18.7 Å². The summed E-state index contributed by atoms with van der Waals surface area (Å²) in [5, 5.41) is 14.6. The molecule has 0 fully saturated rings. The molecular weight excluding hydrogens is 548 g/mol. The number of likely N-dealkylation sites (N-methyl/N-ethyl adjacent to an activating group) is 1. The van der Waals surface area contributed by atoms with Gasteiger partial charge in [0.1, 0.15) is 0 Å². The number of amides is 2. The summed E-state index contributed by atoms with van der Waals surface area (Å²) in [6.07, 6.45) is 2.16. The number of nitrogens with one attached hydrogen (secondary N) is 2. The van der Waals surface area contributed by atoms with E-state index in [1.165, 1.54) is 29.1 Å². The molecule has 1 aliphatic heterocycles. The van der Waals surface area contributed by atoms with E-state index in [1.807, 2.05) is 5.48 Å². The number of oxime groups is 1. The van der Waals surface area contributed by atoms with Crippen LogP contribution in [0.3, 0.4) is 0 Å². The first kappa shape index (κ1) is 25.5. The van der Waals surface area contributed by atoms with Crippen molar-refractivity contribution < 1.29 is 37.5 Å². The Kier molecular flexibility index (Phi) is 9.80. The molecule has 2 rings (SSSR count). The Hall–Kier alpha value is -2.78. The third kappa shape index (κ3) is 6.86. The fourth-order valence-corrected chi connectivity index (χ4v) is 3.57.